The number of carbonyl (C=O) groups excluding carboxylic acids is 1. The molecule has 32 heavy (non-hydrogen) atoms. The highest BCUT2D eigenvalue weighted by Gasteiger charge is 2.33. The molecule has 3 aromatic rings. The van der Waals surface area contributed by atoms with Crippen LogP contribution >= 0.6 is 0 Å². The van der Waals surface area contributed by atoms with E-state index in [0.29, 0.717) is 17.9 Å². The summed E-state index contributed by atoms with van der Waals surface area (Å²) in [6, 6.07) is 12.4. The van der Waals surface area contributed by atoms with E-state index in [2.05, 4.69) is 25.5 Å². The maximum absolute atomic E-state index is 13.2. The second-order valence-corrected chi connectivity index (χ2v) is 7.49. The van der Waals surface area contributed by atoms with Crippen molar-refractivity contribution in [3.8, 4) is 0 Å². The van der Waals surface area contributed by atoms with Crippen molar-refractivity contribution in [3.05, 3.63) is 76.6 Å². The van der Waals surface area contributed by atoms with Gasteiger partial charge in [0.25, 0.3) is 5.91 Å². The minimum absolute atomic E-state index is 0.0279. The molecule has 2 N–H and O–H groups in total. The SMILES string of the molecule is CNc1cc(N2CCc3cc(C(=O)NCc4ccccc4C(F)(F)F)ccc32)nc(C)n1. The van der Waals surface area contributed by atoms with Gasteiger partial charge in [0.1, 0.15) is 17.5 Å². The fraction of sp³-hybridized carbons (Fsp3) is 0.261. The van der Waals surface area contributed by atoms with E-state index in [1.165, 1.54) is 18.2 Å². The van der Waals surface area contributed by atoms with E-state index >= 15 is 0 Å². The van der Waals surface area contributed by atoms with E-state index in [-0.39, 0.29) is 12.1 Å². The van der Waals surface area contributed by atoms with Gasteiger partial charge in [0.05, 0.1) is 5.56 Å². The van der Waals surface area contributed by atoms with Gasteiger partial charge in [-0.05, 0) is 48.7 Å². The molecule has 166 valence electrons. The summed E-state index contributed by atoms with van der Waals surface area (Å²) in [6.07, 6.45) is -3.74. The summed E-state index contributed by atoms with van der Waals surface area (Å²) in [4.78, 5) is 23.5. The minimum Gasteiger partial charge on any atom is -0.373 e. The maximum Gasteiger partial charge on any atom is 0.416 e. The molecule has 0 atom stereocenters. The number of halogens is 3. The zero-order chi connectivity index (χ0) is 22.9. The van der Waals surface area contributed by atoms with Gasteiger partial charge in [-0.25, -0.2) is 9.97 Å². The van der Waals surface area contributed by atoms with Crippen molar-refractivity contribution in [1.29, 1.82) is 0 Å². The number of rotatable bonds is 5. The van der Waals surface area contributed by atoms with E-state index in [1.807, 2.05) is 19.1 Å². The van der Waals surface area contributed by atoms with Crippen LogP contribution in [0, 0.1) is 6.92 Å². The van der Waals surface area contributed by atoms with Crippen molar-refractivity contribution in [3.63, 3.8) is 0 Å². The van der Waals surface area contributed by atoms with Gasteiger partial charge in [-0.1, -0.05) is 18.2 Å². The fourth-order valence-corrected chi connectivity index (χ4v) is 3.83. The first-order chi connectivity index (χ1) is 15.3. The summed E-state index contributed by atoms with van der Waals surface area (Å²) in [5, 5.41) is 5.62. The number of nitrogens with one attached hydrogen (secondary N) is 2. The summed E-state index contributed by atoms with van der Waals surface area (Å²) in [5.41, 5.74) is 1.62. The van der Waals surface area contributed by atoms with Crippen molar-refractivity contribution in [2.75, 3.05) is 23.8 Å². The zero-order valence-electron chi connectivity index (χ0n) is 17.6. The summed E-state index contributed by atoms with van der Waals surface area (Å²) in [6.45, 7) is 2.33. The Morgan fingerprint density at radius 2 is 1.91 bits per heavy atom. The van der Waals surface area contributed by atoms with Crippen LogP contribution in [-0.4, -0.2) is 29.5 Å². The molecule has 1 aliphatic rings. The van der Waals surface area contributed by atoms with E-state index < -0.39 is 17.6 Å². The number of nitrogens with zero attached hydrogens (tertiary/aromatic N) is 3. The third-order valence-corrected chi connectivity index (χ3v) is 5.36. The molecule has 4 rings (SSSR count). The highest BCUT2D eigenvalue weighted by Crippen LogP contribution is 2.35. The number of aryl methyl sites for hydroxylation is 1. The Morgan fingerprint density at radius 1 is 1.12 bits per heavy atom. The lowest BCUT2D eigenvalue weighted by Crippen LogP contribution is -2.24. The van der Waals surface area contributed by atoms with E-state index in [1.54, 1.807) is 19.2 Å². The lowest BCUT2D eigenvalue weighted by Gasteiger charge is -2.19. The molecule has 0 spiro atoms. The molecule has 9 heteroatoms. The van der Waals surface area contributed by atoms with Crippen LogP contribution in [0.2, 0.25) is 0 Å². The first-order valence-corrected chi connectivity index (χ1v) is 10.1. The molecule has 0 fully saturated rings. The number of fused-ring (bicyclic) bond motifs is 1. The van der Waals surface area contributed by atoms with Gasteiger partial charge in [-0.2, -0.15) is 13.2 Å². The molecule has 0 saturated heterocycles. The number of carbonyl (C=O) groups is 1. The predicted molar refractivity (Wildman–Crippen MR) is 116 cm³/mol. The molecule has 0 unspecified atom stereocenters. The van der Waals surface area contributed by atoms with Crippen molar-refractivity contribution in [2.24, 2.45) is 0 Å². The molecule has 2 aromatic carbocycles. The van der Waals surface area contributed by atoms with Gasteiger partial charge in [0.2, 0.25) is 0 Å². The number of aromatic nitrogens is 2. The Hall–Kier alpha value is -3.62. The van der Waals surface area contributed by atoms with Crippen LogP contribution in [0.4, 0.5) is 30.5 Å². The second kappa shape index (κ2) is 8.49. The topological polar surface area (TPSA) is 70.2 Å². The molecular weight excluding hydrogens is 419 g/mol. The van der Waals surface area contributed by atoms with Gasteiger partial charge >= 0.3 is 6.18 Å². The molecular formula is C23H22F3N5O. The number of alkyl halides is 3. The van der Waals surface area contributed by atoms with Crippen molar-refractivity contribution < 1.29 is 18.0 Å². The quantitative estimate of drug-likeness (QED) is 0.612. The predicted octanol–water partition coefficient (Wildman–Crippen LogP) is 4.47. The first-order valence-electron chi connectivity index (χ1n) is 10.1. The lowest BCUT2D eigenvalue weighted by molar-refractivity contribution is -0.138. The highest BCUT2D eigenvalue weighted by atomic mass is 19.4. The van der Waals surface area contributed by atoms with Crippen LogP contribution in [0.25, 0.3) is 0 Å². The molecule has 1 aliphatic heterocycles. The summed E-state index contributed by atoms with van der Waals surface area (Å²) < 4.78 is 39.5. The average Bonchev–Trinajstić information content (AvgIpc) is 3.20. The minimum atomic E-state index is -4.47. The second-order valence-electron chi connectivity index (χ2n) is 7.49. The first kappa shape index (κ1) is 21.6. The van der Waals surface area contributed by atoms with Gasteiger partial charge in [-0.15, -0.1) is 0 Å². The fourth-order valence-electron chi connectivity index (χ4n) is 3.83. The maximum atomic E-state index is 13.2. The number of hydrogen-bond acceptors (Lipinski definition) is 5. The van der Waals surface area contributed by atoms with Gasteiger partial charge in [0, 0.05) is 37.5 Å². The Labute approximate surface area is 183 Å². The van der Waals surface area contributed by atoms with Gasteiger partial charge in [0.15, 0.2) is 0 Å². The molecule has 1 aromatic heterocycles. The third-order valence-electron chi connectivity index (χ3n) is 5.36. The van der Waals surface area contributed by atoms with E-state index in [4.69, 9.17) is 0 Å². The molecule has 0 radical (unpaired) electrons. The zero-order valence-corrected chi connectivity index (χ0v) is 17.6. The Balaban J connectivity index is 1.51. The van der Waals surface area contributed by atoms with Crippen molar-refractivity contribution in [1.82, 2.24) is 15.3 Å². The normalized spacial score (nSPS) is 13.1. The van der Waals surface area contributed by atoms with E-state index in [9.17, 15) is 18.0 Å². The van der Waals surface area contributed by atoms with Crippen LogP contribution < -0.4 is 15.5 Å². The molecule has 1 amide bonds. The van der Waals surface area contributed by atoms with E-state index in [0.717, 1.165) is 35.4 Å². The lowest BCUT2D eigenvalue weighted by atomic mass is 10.1. The standard InChI is InChI=1S/C23H22F3N5O/c1-14-29-20(27-2)12-21(30-14)31-10-9-15-11-16(7-8-19(15)31)22(32)28-13-17-5-3-4-6-18(17)23(24,25)26/h3-8,11-12H,9-10,13H2,1-2H3,(H,28,32)(H,27,29,30). The molecule has 2 heterocycles. The third kappa shape index (κ3) is 4.37. The number of hydrogen-bond donors (Lipinski definition) is 2. The van der Waals surface area contributed by atoms with Crippen LogP contribution in [0.5, 0.6) is 0 Å². The van der Waals surface area contributed by atoms with Gasteiger partial charge < -0.3 is 15.5 Å². The molecule has 0 aliphatic carbocycles. The Kier molecular flexibility index (Phi) is 5.73. The summed E-state index contributed by atoms with van der Waals surface area (Å²) in [7, 11) is 1.79. The van der Waals surface area contributed by atoms with Crippen LogP contribution in [0.1, 0.15) is 32.9 Å². The number of anilines is 3. The van der Waals surface area contributed by atoms with Gasteiger partial charge in [-0.3, -0.25) is 4.79 Å². The van der Waals surface area contributed by atoms with Crippen LogP contribution in [0.3, 0.4) is 0 Å². The highest BCUT2D eigenvalue weighted by molar-refractivity contribution is 5.95. The average molecular weight is 441 g/mol. The molecule has 0 bridgehead atoms. The summed E-state index contributed by atoms with van der Waals surface area (Å²) in [5.74, 6) is 1.71. The van der Waals surface area contributed by atoms with Crippen LogP contribution in [-0.2, 0) is 19.1 Å². The van der Waals surface area contributed by atoms with Crippen LogP contribution in [0.15, 0.2) is 48.5 Å². The Bertz CT molecular complexity index is 1160. The van der Waals surface area contributed by atoms with Crippen molar-refractivity contribution >= 4 is 23.2 Å². The Morgan fingerprint density at radius 3 is 2.66 bits per heavy atom. The number of amides is 1. The summed E-state index contributed by atoms with van der Waals surface area (Å²) >= 11 is 0. The molecule has 6 nitrogen and oxygen atoms in total. The smallest absolute Gasteiger partial charge is 0.373 e. The van der Waals surface area contributed by atoms with Crippen molar-refractivity contribution in [2.45, 2.75) is 26.1 Å². The number of benzene rings is 2. The largest absolute Gasteiger partial charge is 0.416 e. The monoisotopic (exact) mass is 441 g/mol. The molecule has 0 saturated carbocycles.